The molecule has 0 fully saturated rings. The summed E-state index contributed by atoms with van der Waals surface area (Å²) in [6, 6.07) is 0. The fourth-order valence-corrected chi connectivity index (χ4v) is 3.22. The highest BCUT2D eigenvalue weighted by molar-refractivity contribution is 8.01. The van der Waals surface area contributed by atoms with Gasteiger partial charge in [-0.2, -0.15) is 11.8 Å². The third kappa shape index (κ3) is 18.6. The lowest BCUT2D eigenvalue weighted by molar-refractivity contribution is -0.126. The molecule has 0 aromatic heterocycles. The number of thioether (sulfide) groups is 2. The fourth-order valence-electron chi connectivity index (χ4n) is 1.32. The van der Waals surface area contributed by atoms with Crippen LogP contribution >= 0.6 is 23.5 Å². The highest BCUT2D eigenvalue weighted by Crippen LogP contribution is 2.27. The quantitative estimate of drug-likeness (QED) is 0.526. The minimum absolute atomic E-state index is 0.168. The smallest absolute Gasteiger partial charge is 0.148 e. The van der Waals surface area contributed by atoms with E-state index in [-0.39, 0.29) is 20.3 Å². The van der Waals surface area contributed by atoms with Crippen LogP contribution in [-0.4, -0.2) is 32.6 Å². The molecule has 0 N–H and O–H groups in total. The molecule has 0 bridgehead atoms. The van der Waals surface area contributed by atoms with Gasteiger partial charge in [0, 0.05) is 32.5 Å². The first-order valence-corrected chi connectivity index (χ1v) is 11.1. The van der Waals surface area contributed by atoms with Crippen LogP contribution in [-0.2, 0) is 9.59 Å². The van der Waals surface area contributed by atoms with Crippen molar-refractivity contribution < 1.29 is 9.59 Å². The molecule has 0 unspecified atom stereocenters. The Morgan fingerprint density at radius 3 is 1.24 bits per heavy atom. The lowest BCUT2D eigenvalue weighted by Gasteiger charge is -2.21. The van der Waals surface area contributed by atoms with E-state index < -0.39 is 0 Å². The second-order valence-electron chi connectivity index (χ2n) is 10.5. The van der Waals surface area contributed by atoms with Gasteiger partial charge >= 0.3 is 0 Å². The number of ketones is 2. The largest absolute Gasteiger partial charge is 0.299 e. The predicted octanol–water partition coefficient (Wildman–Crippen LogP) is 6.66. The van der Waals surface area contributed by atoms with Crippen molar-refractivity contribution in [2.75, 3.05) is 11.5 Å². The van der Waals surface area contributed by atoms with E-state index >= 15 is 0 Å². The van der Waals surface area contributed by atoms with Gasteiger partial charge in [0.2, 0.25) is 0 Å². The van der Waals surface area contributed by atoms with Gasteiger partial charge in [0.15, 0.2) is 0 Å². The molecule has 25 heavy (non-hydrogen) atoms. The maximum atomic E-state index is 11.5. The molecule has 2 nitrogen and oxygen atoms in total. The zero-order chi connectivity index (χ0) is 20.7. The average molecular weight is 391 g/mol. The van der Waals surface area contributed by atoms with Crippen LogP contribution in [0.5, 0.6) is 0 Å². The van der Waals surface area contributed by atoms with Crippen molar-refractivity contribution in [2.24, 2.45) is 10.8 Å². The first-order valence-electron chi connectivity index (χ1n) is 9.10. The molecular formula is C21H42O2S2. The van der Waals surface area contributed by atoms with E-state index in [0.717, 1.165) is 5.75 Å². The summed E-state index contributed by atoms with van der Waals surface area (Å²) in [7, 11) is 0. The molecule has 0 atom stereocenters. The Balaban J connectivity index is 0. The van der Waals surface area contributed by atoms with Crippen molar-refractivity contribution in [3.8, 4) is 0 Å². The Hall–Kier alpha value is 0.0400. The second kappa shape index (κ2) is 10.4. The number of hydrogen-bond acceptors (Lipinski definition) is 4. The molecule has 4 heteroatoms. The van der Waals surface area contributed by atoms with Crippen LogP contribution in [0.15, 0.2) is 0 Å². The molecule has 0 spiro atoms. The maximum Gasteiger partial charge on any atom is 0.148 e. The molecule has 0 rings (SSSR count). The lowest BCUT2D eigenvalue weighted by Crippen LogP contribution is -2.24. The van der Waals surface area contributed by atoms with E-state index in [1.165, 1.54) is 0 Å². The van der Waals surface area contributed by atoms with Crippen molar-refractivity contribution in [1.82, 2.24) is 0 Å². The molecule has 150 valence electrons. The van der Waals surface area contributed by atoms with Crippen LogP contribution in [0.4, 0.5) is 0 Å². The van der Waals surface area contributed by atoms with Crippen LogP contribution in [0.2, 0.25) is 0 Å². The van der Waals surface area contributed by atoms with E-state index in [4.69, 9.17) is 0 Å². The van der Waals surface area contributed by atoms with Gasteiger partial charge in [-0.1, -0.05) is 83.1 Å². The number of hydrogen-bond donors (Lipinski definition) is 0. The van der Waals surface area contributed by atoms with Crippen molar-refractivity contribution in [1.29, 1.82) is 0 Å². The SMILES string of the molecule is CC(C)(C)SCC(=O)C(C)(C)C.CC(C)(C)SCCC(=O)C(C)(C)C. The Labute approximate surface area is 166 Å². The van der Waals surface area contributed by atoms with Gasteiger partial charge in [0.05, 0.1) is 5.75 Å². The van der Waals surface area contributed by atoms with E-state index in [1.54, 1.807) is 11.8 Å². The summed E-state index contributed by atoms with van der Waals surface area (Å²) in [5, 5.41) is 0. The molecule has 0 heterocycles. The zero-order valence-corrected chi connectivity index (χ0v) is 20.4. The Morgan fingerprint density at radius 2 is 0.960 bits per heavy atom. The van der Waals surface area contributed by atoms with Gasteiger partial charge in [0.25, 0.3) is 0 Å². The van der Waals surface area contributed by atoms with Crippen molar-refractivity contribution >= 4 is 35.1 Å². The Bertz CT molecular complexity index is 413. The normalized spacial score (nSPS) is 13.1. The van der Waals surface area contributed by atoms with Gasteiger partial charge < -0.3 is 0 Å². The zero-order valence-electron chi connectivity index (χ0n) is 18.8. The minimum Gasteiger partial charge on any atom is -0.299 e. The summed E-state index contributed by atoms with van der Waals surface area (Å²) in [5.74, 6) is 2.28. The summed E-state index contributed by atoms with van der Waals surface area (Å²) in [6.07, 6.45) is 0.700. The first kappa shape index (κ1) is 27.3. The van der Waals surface area contributed by atoms with Crippen LogP contribution in [0, 0.1) is 10.8 Å². The molecule has 0 aliphatic heterocycles. The molecule has 0 amide bonds. The summed E-state index contributed by atoms with van der Waals surface area (Å²) in [4.78, 5) is 23.0. The van der Waals surface area contributed by atoms with Crippen LogP contribution in [0.1, 0.15) is 89.5 Å². The summed E-state index contributed by atoms with van der Waals surface area (Å²) < 4.78 is 0.471. The van der Waals surface area contributed by atoms with Gasteiger partial charge in [-0.3, -0.25) is 9.59 Å². The Kier molecular flexibility index (Phi) is 11.3. The van der Waals surface area contributed by atoms with Crippen molar-refractivity contribution in [2.45, 2.75) is 99.0 Å². The van der Waals surface area contributed by atoms with E-state index in [1.807, 2.05) is 53.3 Å². The summed E-state index contributed by atoms with van der Waals surface area (Å²) in [6.45, 7) is 24.8. The Morgan fingerprint density at radius 1 is 0.600 bits per heavy atom. The van der Waals surface area contributed by atoms with Gasteiger partial charge in [-0.25, -0.2) is 0 Å². The highest BCUT2D eigenvalue weighted by atomic mass is 32.2. The van der Waals surface area contributed by atoms with E-state index in [0.29, 0.717) is 23.7 Å². The third-order valence-corrected chi connectivity index (χ3v) is 5.72. The summed E-state index contributed by atoms with van der Waals surface area (Å²) in [5.41, 5.74) is -0.351. The monoisotopic (exact) mass is 390 g/mol. The molecular weight excluding hydrogens is 348 g/mol. The van der Waals surface area contributed by atoms with E-state index in [9.17, 15) is 9.59 Å². The van der Waals surface area contributed by atoms with Crippen molar-refractivity contribution in [3.05, 3.63) is 0 Å². The van der Waals surface area contributed by atoms with Crippen LogP contribution < -0.4 is 0 Å². The number of carbonyl (C=O) groups is 2. The summed E-state index contributed by atoms with van der Waals surface area (Å²) >= 11 is 3.58. The van der Waals surface area contributed by atoms with Crippen LogP contribution in [0.25, 0.3) is 0 Å². The first-order chi connectivity index (χ1) is 10.8. The number of rotatable bonds is 5. The van der Waals surface area contributed by atoms with E-state index in [2.05, 4.69) is 41.5 Å². The average Bonchev–Trinajstić information content (AvgIpc) is 2.31. The van der Waals surface area contributed by atoms with Gasteiger partial charge in [-0.05, 0) is 0 Å². The highest BCUT2D eigenvalue weighted by Gasteiger charge is 2.23. The van der Waals surface area contributed by atoms with Gasteiger partial charge in [-0.15, -0.1) is 11.8 Å². The third-order valence-electron chi connectivity index (χ3n) is 3.17. The molecule has 0 saturated carbocycles. The molecule has 0 radical (unpaired) electrons. The minimum atomic E-state index is -0.182. The van der Waals surface area contributed by atoms with Crippen molar-refractivity contribution in [3.63, 3.8) is 0 Å². The predicted molar refractivity (Wildman–Crippen MR) is 118 cm³/mol. The van der Waals surface area contributed by atoms with Crippen LogP contribution in [0.3, 0.4) is 0 Å². The number of carbonyl (C=O) groups excluding carboxylic acids is 2. The van der Waals surface area contributed by atoms with Gasteiger partial charge in [0.1, 0.15) is 11.6 Å². The fraction of sp³-hybridized carbons (Fsp3) is 0.905. The number of Topliss-reactive ketones (excluding diaryl/α,β-unsaturated/α-hetero) is 2. The molecule has 0 saturated heterocycles. The maximum absolute atomic E-state index is 11.5. The molecule has 0 aromatic rings. The topological polar surface area (TPSA) is 34.1 Å². The standard InChI is InChI=1S/C11H22OS.C10H20OS/c1-10(2,3)9(12)7-8-13-11(4,5)6;1-9(2,3)8(11)7-12-10(4,5)6/h7-8H2,1-6H3;7H2,1-6H3. The molecule has 0 aliphatic rings. The molecule has 0 aromatic carbocycles. The lowest BCUT2D eigenvalue weighted by atomic mass is 9.89. The molecule has 0 aliphatic carbocycles. The second-order valence-corrected chi connectivity index (χ2v) is 14.2.